The molecule has 4 saturated carbocycles. The van der Waals surface area contributed by atoms with E-state index in [9.17, 15) is 5.11 Å². The molecule has 1 aromatic rings. The van der Waals surface area contributed by atoms with E-state index in [1.165, 1.54) is 68.9 Å². The highest BCUT2D eigenvalue weighted by Gasteiger charge is 2.60. The van der Waals surface area contributed by atoms with Crippen LogP contribution in [0.2, 0.25) is 0 Å². The van der Waals surface area contributed by atoms with Gasteiger partial charge in [0.25, 0.3) is 0 Å². The number of methoxy groups -OCH3 is 1. The molecule has 2 heteroatoms. The lowest BCUT2D eigenvalue weighted by Gasteiger charge is -2.61. The van der Waals surface area contributed by atoms with Crippen LogP contribution in [0.25, 0.3) is 6.08 Å². The molecule has 0 spiro atoms. The second kappa shape index (κ2) is 10.7. The van der Waals surface area contributed by atoms with Gasteiger partial charge in [0, 0.05) is 0 Å². The second-order valence-electron chi connectivity index (χ2n) is 14.6. The molecule has 0 heterocycles. The van der Waals surface area contributed by atoms with Crippen LogP contribution >= 0.6 is 0 Å². The van der Waals surface area contributed by atoms with Crippen LogP contribution in [0.5, 0.6) is 5.75 Å². The maximum absolute atomic E-state index is 11.2. The van der Waals surface area contributed by atoms with Crippen LogP contribution in [0.15, 0.2) is 29.8 Å². The highest BCUT2D eigenvalue weighted by atomic mass is 16.5. The number of ether oxygens (including phenoxy) is 1. The molecule has 0 amide bonds. The molecule has 4 fully saturated rings. The third-order valence-electron chi connectivity index (χ3n) is 12.3. The van der Waals surface area contributed by atoms with Gasteiger partial charge in [0.05, 0.1) is 13.2 Å². The summed E-state index contributed by atoms with van der Waals surface area (Å²) in [7, 11) is 1.72. The van der Waals surface area contributed by atoms with E-state index < -0.39 is 0 Å². The van der Waals surface area contributed by atoms with Crippen LogP contribution < -0.4 is 4.74 Å². The molecule has 0 radical (unpaired) electrons. The Morgan fingerprint density at radius 3 is 2.38 bits per heavy atom. The van der Waals surface area contributed by atoms with Gasteiger partial charge in [-0.05, 0) is 127 Å². The first-order valence-electron chi connectivity index (χ1n) is 15.7. The smallest absolute Gasteiger partial charge is 0.118 e. The maximum atomic E-state index is 11.2. The van der Waals surface area contributed by atoms with Gasteiger partial charge in [-0.15, -0.1) is 0 Å². The maximum Gasteiger partial charge on any atom is 0.118 e. The highest BCUT2D eigenvalue weighted by Crippen LogP contribution is 2.68. The zero-order chi connectivity index (χ0) is 26.4. The van der Waals surface area contributed by atoms with Gasteiger partial charge in [-0.3, -0.25) is 0 Å². The van der Waals surface area contributed by atoms with Crippen molar-refractivity contribution in [2.75, 3.05) is 7.11 Å². The lowest BCUT2D eigenvalue weighted by molar-refractivity contribution is -0.117. The van der Waals surface area contributed by atoms with Gasteiger partial charge >= 0.3 is 0 Å². The summed E-state index contributed by atoms with van der Waals surface area (Å²) < 4.78 is 5.35. The fraction of sp³-hybridized carbons (Fsp3) is 0.771. The van der Waals surface area contributed by atoms with Crippen LogP contribution in [0.4, 0.5) is 0 Å². The van der Waals surface area contributed by atoms with E-state index in [2.05, 4.69) is 52.8 Å². The van der Waals surface area contributed by atoms with Gasteiger partial charge in [-0.1, -0.05) is 72.1 Å². The normalized spacial score (nSPS) is 41.2. The van der Waals surface area contributed by atoms with E-state index in [1.807, 2.05) is 12.1 Å². The molecule has 4 aliphatic carbocycles. The Bertz CT molecular complexity index is 947. The van der Waals surface area contributed by atoms with Gasteiger partial charge in [0.2, 0.25) is 0 Å². The quantitative estimate of drug-likeness (QED) is 0.399. The molecular formula is C35H54O2. The standard InChI is InChI=1S/C35H54O2/c1-23(2)8-7-9-24(3)30-16-17-31-29-15-12-27-21-33(36)26(20-25-10-13-28(37-6)14-11-25)22-35(27,5)32(29)18-19-34(30,31)4/h10-11,13-14,20,23-24,27,29-33,36H,7-9,12,15-19,21-22H2,1-6H3. The molecule has 9 unspecified atom stereocenters. The minimum absolute atomic E-state index is 0.284. The first-order valence-corrected chi connectivity index (χ1v) is 15.7. The van der Waals surface area contributed by atoms with E-state index >= 15 is 0 Å². The molecule has 1 N–H and O–H groups in total. The van der Waals surface area contributed by atoms with Crippen LogP contribution in [0, 0.1) is 52.3 Å². The van der Waals surface area contributed by atoms with Crippen molar-refractivity contribution in [3.63, 3.8) is 0 Å². The highest BCUT2D eigenvalue weighted by molar-refractivity contribution is 5.55. The summed E-state index contributed by atoms with van der Waals surface area (Å²) in [6.45, 7) is 12.7. The number of fused-ring (bicyclic) bond motifs is 5. The zero-order valence-corrected chi connectivity index (χ0v) is 24.6. The van der Waals surface area contributed by atoms with E-state index in [0.29, 0.717) is 16.7 Å². The molecule has 206 valence electrons. The number of aliphatic hydroxyl groups is 1. The molecule has 5 rings (SSSR count). The van der Waals surface area contributed by atoms with E-state index in [-0.39, 0.29) is 6.10 Å². The van der Waals surface area contributed by atoms with Gasteiger partial charge < -0.3 is 9.84 Å². The van der Waals surface area contributed by atoms with Gasteiger partial charge in [0.15, 0.2) is 0 Å². The molecule has 2 nitrogen and oxygen atoms in total. The van der Waals surface area contributed by atoms with Crippen molar-refractivity contribution in [3.05, 3.63) is 35.4 Å². The number of benzene rings is 1. The third-order valence-corrected chi connectivity index (χ3v) is 12.3. The molecule has 0 aliphatic heterocycles. The Morgan fingerprint density at radius 2 is 1.68 bits per heavy atom. The molecule has 4 aliphatic rings. The minimum Gasteiger partial charge on any atom is -0.497 e. The number of hydrogen-bond donors (Lipinski definition) is 1. The van der Waals surface area contributed by atoms with E-state index in [4.69, 9.17) is 4.74 Å². The SMILES string of the molecule is COc1ccc(C=C2CC3(C)C(CCC4C3CCC3(C)C(C(C)CCCC(C)C)CCC43)CC2O)cc1. The Morgan fingerprint density at radius 1 is 0.946 bits per heavy atom. The summed E-state index contributed by atoms with van der Waals surface area (Å²) in [5, 5.41) is 11.2. The summed E-state index contributed by atoms with van der Waals surface area (Å²) in [6, 6.07) is 8.32. The van der Waals surface area contributed by atoms with Gasteiger partial charge in [-0.25, -0.2) is 0 Å². The summed E-state index contributed by atoms with van der Waals surface area (Å²) in [5.41, 5.74) is 3.34. The van der Waals surface area contributed by atoms with Crippen LogP contribution in [-0.2, 0) is 0 Å². The molecule has 0 saturated heterocycles. The Kier molecular flexibility index (Phi) is 7.90. The molecular weight excluding hydrogens is 452 g/mol. The fourth-order valence-corrected chi connectivity index (χ4v) is 10.3. The molecule has 0 aromatic heterocycles. The lowest BCUT2D eigenvalue weighted by Crippen LogP contribution is -2.54. The molecule has 0 bridgehead atoms. The largest absolute Gasteiger partial charge is 0.497 e. The van der Waals surface area contributed by atoms with E-state index in [0.717, 1.165) is 54.1 Å². The summed E-state index contributed by atoms with van der Waals surface area (Å²) in [6.07, 6.45) is 16.8. The zero-order valence-electron chi connectivity index (χ0n) is 24.6. The van der Waals surface area contributed by atoms with Gasteiger partial charge in [0.1, 0.15) is 5.75 Å². The van der Waals surface area contributed by atoms with Crippen LogP contribution in [0.3, 0.4) is 0 Å². The predicted molar refractivity (Wildman–Crippen MR) is 155 cm³/mol. The van der Waals surface area contributed by atoms with Crippen molar-refractivity contribution in [3.8, 4) is 5.75 Å². The van der Waals surface area contributed by atoms with Crippen molar-refractivity contribution < 1.29 is 9.84 Å². The topological polar surface area (TPSA) is 29.5 Å². The first kappa shape index (κ1) is 27.3. The van der Waals surface area contributed by atoms with E-state index in [1.54, 1.807) is 7.11 Å². The Labute approximate surface area is 227 Å². The lowest BCUT2D eigenvalue weighted by atomic mass is 9.44. The third kappa shape index (κ3) is 5.06. The van der Waals surface area contributed by atoms with Crippen molar-refractivity contribution in [1.82, 2.24) is 0 Å². The van der Waals surface area contributed by atoms with Crippen molar-refractivity contribution >= 4 is 6.08 Å². The summed E-state index contributed by atoms with van der Waals surface area (Å²) >= 11 is 0. The van der Waals surface area contributed by atoms with Crippen molar-refractivity contribution in [2.45, 2.75) is 111 Å². The Hall–Kier alpha value is -1.28. The van der Waals surface area contributed by atoms with Gasteiger partial charge in [-0.2, -0.15) is 0 Å². The molecule has 37 heavy (non-hydrogen) atoms. The fourth-order valence-electron chi connectivity index (χ4n) is 10.3. The number of aliphatic hydroxyl groups excluding tert-OH is 1. The predicted octanol–water partition coefficient (Wildman–Crippen LogP) is 9.17. The Balaban J connectivity index is 1.33. The summed E-state index contributed by atoms with van der Waals surface area (Å²) in [4.78, 5) is 0. The van der Waals surface area contributed by atoms with Crippen LogP contribution in [0.1, 0.15) is 111 Å². The monoisotopic (exact) mass is 506 g/mol. The second-order valence-corrected chi connectivity index (χ2v) is 14.6. The molecule has 1 aromatic carbocycles. The number of hydrogen-bond acceptors (Lipinski definition) is 2. The summed E-state index contributed by atoms with van der Waals surface area (Å²) in [5.74, 6) is 6.84. The molecule has 9 atom stereocenters. The van der Waals surface area contributed by atoms with Crippen molar-refractivity contribution in [2.24, 2.45) is 52.3 Å². The number of rotatable bonds is 7. The first-order chi connectivity index (χ1) is 17.7. The van der Waals surface area contributed by atoms with Crippen LogP contribution in [-0.4, -0.2) is 18.3 Å². The average Bonchev–Trinajstić information content (AvgIpc) is 3.22. The minimum atomic E-state index is -0.284. The van der Waals surface area contributed by atoms with Crippen molar-refractivity contribution in [1.29, 1.82) is 0 Å². The average molecular weight is 507 g/mol.